The molecule has 2 rings (SSSR count). The van der Waals surface area contributed by atoms with Crippen molar-refractivity contribution in [2.24, 2.45) is 0 Å². The molecule has 1 heterocycles. The van der Waals surface area contributed by atoms with Crippen molar-refractivity contribution < 1.29 is 13.3 Å². The molecule has 1 aromatic carbocycles. The van der Waals surface area contributed by atoms with Crippen LogP contribution in [-0.4, -0.2) is 63.0 Å². The van der Waals surface area contributed by atoms with Crippen molar-refractivity contribution >= 4 is 32.8 Å². The highest BCUT2D eigenvalue weighted by molar-refractivity contribution is 7.90. The molecule has 1 saturated heterocycles. The molecule has 0 saturated carbocycles. The normalized spacial score (nSPS) is 16.6. The van der Waals surface area contributed by atoms with Crippen molar-refractivity contribution in [1.29, 1.82) is 0 Å². The number of nitro groups is 1. The number of aryl methyl sites for hydroxylation is 1. The number of nitro benzene ring substituents is 1. The molecule has 23 heavy (non-hydrogen) atoms. The first kappa shape index (κ1) is 18.0. The van der Waals surface area contributed by atoms with E-state index in [1.165, 1.54) is 18.4 Å². The molecule has 1 aliphatic heterocycles. The maximum absolute atomic E-state index is 11.2. The molecule has 0 aromatic heterocycles. The lowest BCUT2D eigenvalue weighted by Crippen LogP contribution is -2.47. The molecular formula is C14H20ClN3O4S. The maximum atomic E-state index is 11.2. The van der Waals surface area contributed by atoms with Gasteiger partial charge >= 0.3 is 0 Å². The number of halogens is 1. The van der Waals surface area contributed by atoms with Gasteiger partial charge in [-0.1, -0.05) is 11.6 Å². The lowest BCUT2D eigenvalue weighted by Gasteiger charge is -2.37. The van der Waals surface area contributed by atoms with Crippen LogP contribution in [0.2, 0.25) is 5.02 Å². The molecule has 7 nitrogen and oxygen atoms in total. The van der Waals surface area contributed by atoms with E-state index in [1.54, 1.807) is 0 Å². The second-order valence-electron chi connectivity index (χ2n) is 5.81. The lowest BCUT2D eigenvalue weighted by molar-refractivity contribution is -0.384. The van der Waals surface area contributed by atoms with Gasteiger partial charge in [0.1, 0.15) is 9.84 Å². The summed E-state index contributed by atoms with van der Waals surface area (Å²) in [6.07, 6.45) is 1.24. The number of piperazine rings is 1. The summed E-state index contributed by atoms with van der Waals surface area (Å²) in [6, 6.07) is 2.90. The Morgan fingerprint density at radius 3 is 2.35 bits per heavy atom. The van der Waals surface area contributed by atoms with Crippen LogP contribution in [0.3, 0.4) is 0 Å². The van der Waals surface area contributed by atoms with Gasteiger partial charge in [-0.15, -0.1) is 0 Å². The highest BCUT2D eigenvalue weighted by Gasteiger charge is 2.23. The molecule has 0 aliphatic carbocycles. The molecule has 0 amide bonds. The largest absolute Gasteiger partial charge is 0.368 e. The number of benzene rings is 1. The zero-order chi connectivity index (χ0) is 17.2. The van der Waals surface area contributed by atoms with Crippen LogP contribution in [0, 0.1) is 17.0 Å². The Labute approximate surface area is 140 Å². The Balaban J connectivity index is 2.04. The summed E-state index contributed by atoms with van der Waals surface area (Å²) in [4.78, 5) is 14.6. The number of hydrogen-bond acceptors (Lipinski definition) is 6. The van der Waals surface area contributed by atoms with Crippen LogP contribution < -0.4 is 4.90 Å². The fraction of sp³-hybridized carbons (Fsp3) is 0.571. The van der Waals surface area contributed by atoms with Crippen LogP contribution in [0.15, 0.2) is 12.1 Å². The van der Waals surface area contributed by atoms with Crippen molar-refractivity contribution in [3.8, 4) is 0 Å². The molecule has 9 heteroatoms. The third kappa shape index (κ3) is 4.79. The van der Waals surface area contributed by atoms with Gasteiger partial charge in [0.15, 0.2) is 0 Å². The van der Waals surface area contributed by atoms with E-state index in [-0.39, 0.29) is 11.4 Å². The quantitative estimate of drug-likeness (QED) is 0.586. The van der Waals surface area contributed by atoms with E-state index in [1.807, 2.05) is 6.92 Å². The molecule has 1 aromatic rings. The summed E-state index contributed by atoms with van der Waals surface area (Å²) < 4.78 is 22.5. The Kier molecular flexibility index (Phi) is 5.49. The van der Waals surface area contributed by atoms with Gasteiger partial charge in [0.05, 0.1) is 21.4 Å². The van der Waals surface area contributed by atoms with Crippen LogP contribution in [-0.2, 0) is 9.84 Å². The van der Waals surface area contributed by atoms with Gasteiger partial charge < -0.3 is 4.90 Å². The molecule has 0 atom stereocenters. The first-order valence-electron chi connectivity index (χ1n) is 7.27. The highest BCUT2D eigenvalue weighted by Crippen LogP contribution is 2.34. The monoisotopic (exact) mass is 361 g/mol. The minimum atomic E-state index is -2.96. The van der Waals surface area contributed by atoms with Crippen LogP contribution >= 0.6 is 11.6 Å². The van der Waals surface area contributed by atoms with E-state index < -0.39 is 14.8 Å². The fourth-order valence-electron chi connectivity index (χ4n) is 2.71. The summed E-state index contributed by atoms with van der Waals surface area (Å²) in [5, 5.41) is 11.2. The molecule has 1 fully saturated rings. The second-order valence-corrected chi connectivity index (χ2v) is 8.48. The van der Waals surface area contributed by atoms with Gasteiger partial charge in [-0.2, -0.15) is 0 Å². The average molecular weight is 362 g/mol. The van der Waals surface area contributed by atoms with Crippen molar-refractivity contribution in [2.75, 3.05) is 49.6 Å². The second kappa shape index (κ2) is 7.02. The molecule has 0 unspecified atom stereocenters. The summed E-state index contributed by atoms with van der Waals surface area (Å²) in [5.74, 6) is 0.157. The average Bonchev–Trinajstić information content (AvgIpc) is 2.44. The molecule has 0 bridgehead atoms. The van der Waals surface area contributed by atoms with Crippen LogP contribution in [0.4, 0.5) is 11.4 Å². The van der Waals surface area contributed by atoms with E-state index in [2.05, 4.69) is 9.80 Å². The minimum absolute atomic E-state index is 0.0111. The maximum Gasteiger partial charge on any atom is 0.271 e. The van der Waals surface area contributed by atoms with Gasteiger partial charge in [0.25, 0.3) is 5.69 Å². The number of sulfone groups is 1. The molecule has 128 valence electrons. The van der Waals surface area contributed by atoms with Gasteiger partial charge in [-0.05, 0) is 12.5 Å². The molecule has 1 aliphatic rings. The van der Waals surface area contributed by atoms with E-state index in [4.69, 9.17) is 11.6 Å². The SMILES string of the molecule is Cc1cc([N+](=O)[O-])cc(Cl)c1N1CCN(CCS(C)(=O)=O)CC1. The lowest BCUT2D eigenvalue weighted by atomic mass is 10.1. The zero-order valence-electron chi connectivity index (χ0n) is 13.2. The van der Waals surface area contributed by atoms with Crippen molar-refractivity contribution in [1.82, 2.24) is 4.90 Å². The molecular weight excluding hydrogens is 342 g/mol. The van der Waals surface area contributed by atoms with Gasteiger partial charge in [0.2, 0.25) is 0 Å². The Bertz CT molecular complexity index is 677. The number of rotatable bonds is 5. The van der Waals surface area contributed by atoms with E-state index >= 15 is 0 Å². The third-order valence-corrected chi connectivity index (χ3v) is 5.13. The van der Waals surface area contributed by atoms with E-state index in [0.29, 0.717) is 24.7 Å². The van der Waals surface area contributed by atoms with Crippen LogP contribution in [0.25, 0.3) is 0 Å². The summed E-state index contributed by atoms with van der Waals surface area (Å²) in [7, 11) is -2.96. The predicted octanol–water partition coefficient (Wildman–Crippen LogP) is 1.72. The van der Waals surface area contributed by atoms with Gasteiger partial charge in [0, 0.05) is 51.1 Å². The van der Waals surface area contributed by atoms with Gasteiger partial charge in [-0.3, -0.25) is 15.0 Å². The summed E-state index contributed by atoms with van der Waals surface area (Å²) >= 11 is 6.23. The van der Waals surface area contributed by atoms with Crippen molar-refractivity contribution in [2.45, 2.75) is 6.92 Å². The Morgan fingerprint density at radius 2 is 1.87 bits per heavy atom. The molecule has 0 spiro atoms. The van der Waals surface area contributed by atoms with Crippen LogP contribution in [0.1, 0.15) is 5.56 Å². The van der Waals surface area contributed by atoms with E-state index in [9.17, 15) is 18.5 Å². The number of anilines is 1. The summed E-state index contributed by atoms with van der Waals surface area (Å²) in [5.41, 5.74) is 1.58. The number of nitrogens with zero attached hydrogens (tertiary/aromatic N) is 3. The van der Waals surface area contributed by atoms with E-state index in [0.717, 1.165) is 24.3 Å². The Morgan fingerprint density at radius 1 is 1.26 bits per heavy atom. The smallest absolute Gasteiger partial charge is 0.271 e. The topological polar surface area (TPSA) is 83.8 Å². The third-order valence-electron chi connectivity index (χ3n) is 3.92. The van der Waals surface area contributed by atoms with Crippen LogP contribution in [0.5, 0.6) is 0 Å². The number of hydrogen-bond donors (Lipinski definition) is 0. The minimum Gasteiger partial charge on any atom is -0.368 e. The zero-order valence-corrected chi connectivity index (χ0v) is 14.7. The fourth-order valence-corrected chi connectivity index (χ4v) is 3.68. The van der Waals surface area contributed by atoms with Crippen molar-refractivity contribution in [3.05, 3.63) is 32.8 Å². The summed E-state index contributed by atoms with van der Waals surface area (Å²) in [6.45, 7) is 5.23. The number of non-ortho nitro benzene ring substituents is 1. The standard InChI is InChI=1S/C14H20ClN3O4S/c1-11-9-12(18(19)20)10-13(15)14(11)17-5-3-16(4-6-17)7-8-23(2,21)22/h9-10H,3-8H2,1-2H3. The molecule has 0 N–H and O–H groups in total. The van der Waals surface area contributed by atoms with Gasteiger partial charge in [-0.25, -0.2) is 8.42 Å². The Hall–Kier alpha value is -1.38. The first-order chi connectivity index (χ1) is 10.7. The first-order valence-corrected chi connectivity index (χ1v) is 9.71. The highest BCUT2D eigenvalue weighted by atomic mass is 35.5. The molecule has 0 radical (unpaired) electrons. The van der Waals surface area contributed by atoms with Crippen molar-refractivity contribution in [3.63, 3.8) is 0 Å². The predicted molar refractivity (Wildman–Crippen MR) is 91.2 cm³/mol.